The summed E-state index contributed by atoms with van der Waals surface area (Å²) in [5, 5.41) is 1.34. The summed E-state index contributed by atoms with van der Waals surface area (Å²) in [5.41, 5.74) is 0.466. The maximum Gasteiger partial charge on any atom is 0.0697 e. The van der Waals surface area contributed by atoms with Crippen molar-refractivity contribution >= 4 is 8.07 Å². The minimum atomic E-state index is -1.50. The molecule has 0 nitrogen and oxygen atoms in total. The van der Waals surface area contributed by atoms with Crippen LogP contribution in [0.3, 0.4) is 0 Å². The van der Waals surface area contributed by atoms with Crippen LogP contribution in [0.15, 0.2) is 0 Å². The van der Waals surface area contributed by atoms with Crippen molar-refractivity contribution in [2.75, 3.05) is 0 Å². The van der Waals surface area contributed by atoms with Crippen LogP contribution in [0.1, 0.15) is 95.9 Å². The van der Waals surface area contributed by atoms with Gasteiger partial charge in [-0.25, -0.2) is 0 Å². The first kappa shape index (κ1) is 20.2. The van der Waals surface area contributed by atoms with Gasteiger partial charge in [0.1, 0.15) is 0 Å². The van der Waals surface area contributed by atoms with Gasteiger partial charge in [-0.3, -0.25) is 0 Å². The Morgan fingerprint density at radius 1 is 0.550 bits per heavy atom. The summed E-state index contributed by atoms with van der Waals surface area (Å²) in [4.78, 5) is 0. The van der Waals surface area contributed by atoms with Crippen LogP contribution >= 0.6 is 0 Å². The fourth-order valence-electron chi connectivity index (χ4n) is 5.38. The summed E-state index contributed by atoms with van der Waals surface area (Å²) in [7, 11) is -1.50. The number of hydrogen-bond acceptors (Lipinski definition) is 0. The summed E-state index contributed by atoms with van der Waals surface area (Å²) in [6.45, 7) is 29.7. The van der Waals surface area contributed by atoms with Crippen LogP contribution in [0.25, 0.3) is 0 Å². The molecule has 0 aromatic heterocycles. The van der Waals surface area contributed by atoms with E-state index in [1.165, 1.54) is 18.9 Å². The molecular formula is C19H42Si. The van der Waals surface area contributed by atoms with Gasteiger partial charge in [-0.2, -0.15) is 0 Å². The monoisotopic (exact) mass is 298 g/mol. The average molecular weight is 299 g/mol. The van der Waals surface area contributed by atoms with Crippen molar-refractivity contribution in [3.05, 3.63) is 0 Å². The zero-order valence-electron chi connectivity index (χ0n) is 16.6. The van der Waals surface area contributed by atoms with Crippen molar-refractivity contribution in [3.8, 4) is 0 Å². The van der Waals surface area contributed by atoms with E-state index in [4.69, 9.17) is 0 Å². The molecule has 0 heterocycles. The van der Waals surface area contributed by atoms with E-state index in [1.54, 1.807) is 0 Å². The van der Waals surface area contributed by atoms with Crippen molar-refractivity contribution in [3.63, 3.8) is 0 Å². The van der Waals surface area contributed by atoms with Gasteiger partial charge < -0.3 is 0 Å². The predicted molar refractivity (Wildman–Crippen MR) is 98.4 cm³/mol. The lowest BCUT2D eigenvalue weighted by molar-refractivity contribution is 0.368. The molecule has 0 aliphatic rings. The second-order valence-electron chi connectivity index (χ2n) is 11.1. The molecule has 122 valence electrons. The largest absolute Gasteiger partial charge is 0.0697 e. The molecule has 0 atom stereocenters. The number of hydrogen-bond donors (Lipinski definition) is 0. The van der Waals surface area contributed by atoms with E-state index in [-0.39, 0.29) is 0 Å². The first-order valence-electron chi connectivity index (χ1n) is 8.46. The highest BCUT2D eigenvalue weighted by atomic mass is 28.3. The lowest BCUT2D eigenvalue weighted by Crippen LogP contribution is -2.58. The number of rotatable bonds is 3. The Morgan fingerprint density at radius 2 is 0.850 bits per heavy atom. The van der Waals surface area contributed by atoms with Gasteiger partial charge in [0.2, 0.25) is 0 Å². The van der Waals surface area contributed by atoms with Crippen molar-refractivity contribution < 1.29 is 0 Å². The van der Waals surface area contributed by atoms with E-state index in [0.29, 0.717) is 20.5 Å². The minimum Gasteiger partial charge on any atom is -0.0625 e. The molecule has 0 bridgehead atoms. The molecule has 0 N–H and O–H groups in total. The Morgan fingerprint density at radius 3 is 1.05 bits per heavy atom. The SMILES string of the molecule is CC(C)(C)CCC[Si](C(C)(C)C)(C(C)(C)C)C(C)(C)C. The van der Waals surface area contributed by atoms with E-state index >= 15 is 0 Å². The molecule has 0 saturated heterocycles. The zero-order chi connectivity index (χ0) is 16.6. The molecule has 0 rings (SSSR count). The highest BCUT2D eigenvalue weighted by Gasteiger charge is 2.58. The topological polar surface area (TPSA) is 0 Å². The molecule has 20 heavy (non-hydrogen) atoms. The van der Waals surface area contributed by atoms with Gasteiger partial charge >= 0.3 is 0 Å². The molecule has 0 radical (unpaired) electrons. The van der Waals surface area contributed by atoms with Crippen LogP contribution in [0, 0.1) is 5.41 Å². The first-order chi connectivity index (χ1) is 8.46. The molecule has 0 aliphatic carbocycles. The normalized spacial score (nSPS) is 15.6. The molecule has 0 unspecified atom stereocenters. The molecule has 0 fully saturated rings. The van der Waals surface area contributed by atoms with Gasteiger partial charge in [0, 0.05) is 0 Å². The van der Waals surface area contributed by atoms with Gasteiger partial charge in [-0.1, -0.05) is 95.5 Å². The fourth-order valence-corrected chi connectivity index (χ4v) is 15.1. The Balaban J connectivity index is 5.58. The van der Waals surface area contributed by atoms with Gasteiger partial charge in [0.25, 0.3) is 0 Å². The van der Waals surface area contributed by atoms with E-state index < -0.39 is 8.07 Å². The molecule has 0 aromatic carbocycles. The van der Waals surface area contributed by atoms with E-state index in [9.17, 15) is 0 Å². The first-order valence-corrected chi connectivity index (χ1v) is 10.7. The quantitative estimate of drug-likeness (QED) is 0.469. The third-order valence-corrected chi connectivity index (χ3v) is 14.1. The lowest BCUT2D eigenvalue weighted by atomic mass is 9.91. The van der Waals surface area contributed by atoms with Gasteiger partial charge in [-0.05, 0) is 27.0 Å². The Bertz CT molecular complexity index is 263. The summed E-state index contributed by atoms with van der Waals surface area (Å²) < 4.78 is 0. The third-order valence-electron chi connectivity index (χ3n) is 5.32. The molecule has 0 amide bonds. The minimum absolute atomic E-state index is 0.446. The predicted octanol–water partition coefficient (Wildman–Crippen LogP) is 7.66. The summed E-state index contributed by atoms with van der Waals surface area (Å²) >= 11 is 0. The van der Waals surface area contributed by atoms with Crippen LogP contribution in [-0.2, 0) is 0 Å². The Hall–Kier alpha value is 0.217. The average Bonchev–Trinajstić information content (AvgIpc) is 2.03. The zero-order valence-corrected chi connectivity index (χ0v) is 17.6. The molecule has 0 aliphatic heterocycles. The van der Waals surface area contributed by atoms with E-state index in [2.05, 4.69) is 83.1 Å². The maximum absolute atomic E-state index is 2.51. The molecule has 0 saturated carbocycles. The van der Waals surface area contributed by atoms with Crippen molar-refractivity contribution in [2.24, 2.45) is 5.41 Å². The Labute approximate surface area is 131 Å². The van der Waals surface area contributed by atoms with E-state index in [0.717, 1.165) is 0 Å². The highest BCUT2D eigenvalue weighted by Crippen LogP contribution is 2.64. The molecular weight excluding hydrogens is 256 g/mol. The molecule has 0 spiro atoms. The Kier molecular flexibility index (Phi) is 5.84. The maximum atomic E-state index is 2.51. The summed E-state index contributed by atoms with van der Waals surface area (Å²) in [6.07, 6.45) is 2.74. The standard InChI is InChI=1S/C19H42Si/c1-16(2,3)14-13-15-20(17(4,5)6,18(7,8)9)19(10,11)12/h13-15H2,1-12H3. The van der Waals surface area contributed by atoms with Crippen LogP contribution in [0.4, 0.5) is 0 Å². The highest BCUT2D eigenvalue weighted by molar-refractivity contribution is 6.87. The molecule has 1 heteroatoms. The summed E-state index contributed by atoms with van der Waals surface area (Å²) in [5.74, 6) is 0. The van der Waals surface area contributed by atoms with Crippen molar-refractivity contribution in [2.45, 2.75) is 117 Å². The molecule has 0 aromatic rings. The third kappa shape index (κ3) is 4.35. The van der Waals surface area contributed by atoms with Crippen molar-refractivity contribution in [1.29, 1.82) is 0 Å². The van der Waals surface area contributed by atoms with Crippen LogP contribution < -0.4 is 0 Å². The van der Waals surface area contributed by atoms with Crippen LogP contribution in [0.5, 0.6) is 0 Å². The van der Waals surface area contributed by atoms with E-state index in [1.807, 2.05) is 0 Å². The van der Waals surface area contributed by atoms with Gasteiger partial charge in [-0.15, -0.1) is 0 Å². The van der Waals surface area contributed by atoms with Gasteiger partial charge in [0.15, 0.2) is 0 Å². The smallest absolute Gasteiger partial charge is 0.0625 e. The van der Waals surface area contributed by atoms with Crippen LogP contribution in [0.2, 0.25) is 21.2 Å². The van der Waals surface area contributed by atoms with Crippen molar-refractivity contribution in [1.82, 2.24) is 0 Å². The fraction of sp³-hybridized carbons (Fsp3) is 1.00. The lowest BCUT2D eigenvalue weighted by Gasteiger charge is -2.60. The van der Waals surface area contributed by atoms with Crippen LogP contribution in [-0.4, -0.2) is 8.07 Å². The van der Waals surface area contributed by atoms with Gasteiger partial charge in [0.05, 0.1) is 8.07 Å². The second kappa shape index (κ2) is 5.78. The second-order valence-corrected chi connectivity index (χ2v) is 17.9. The summed E-state index contributed by atoms with van der Waals surface area (Å²) in [6, 6.07) is 1.46.